The summed E-state index contributed by atoms with van der Waals surface area (Å²) in [5.74, 6) is 1.40. The summed E-state index contributed by atoms with van der Waals surface area (Å²) in [6.45, 7) is 1.50. The van der Waals surface area contributed by atoms with E-state index in [2.05, 4.69) is 15.3 Å². The van der Waals surface area contributed by atoms with Crippen molar-refractivity contribution >= 4 is 17.3 Å². The van der Waals surface area contributed by atoms with Gasteiger partial charge in [-0.15, -0.1) is 0 Å². The minimum atomic E-state index is 0.574. The third kappa shape index (κ3) is 3.23. The Labute approximate surface area is 95.8 Å². The van der Waals surface area contributed by atoms with Crippen molar-refractivity contribution in [3.8, 4) is 0 Å². The van der Waals surface area contributed by atoms with Crippen molar-refractivity contribution in [2.24, 2.45) is 0 Å². The highest BCUT2D eigenvalue weighted by Gasteiger charge is 2.08. The first-order valence-corrected chi connectivity index (χ1v) is 5.17. The Balaban J connectivity index is 2.62. The van der Waals surface area contributed by atoms with Gasteiger partial charge in [0.25, 0.3) is 0 Å². The average Bonchev–Trinajstić information content (AvgIpc) is 2.26. The number of nitrogen functional groups attached to an aromatic ring is 1. The average molecular weight is 225 g/mol. The molecule has 0 spiro atoms. The number of hydrogen-bond donors (Lipinski definition) is 2. The van der Waals surface area contributed by atoms with Crippen LogP contribution in [-0.2, 0) is 4.74 Å². The van der Waals surface area contributed by atoms with E-state index in [1.165, 1.54) is 6.33 Å². The lowest BCUT2D eigenvalue weighted by Gasteiger charge is -2.16. The normalized spacial score (nSPS) is 10.2. The molecular weight excluding hydrogens is 206 g/mol. The van der Waals surface area contributed by atoms with Gasteiger partial charge in [-0.05, 0) is 6.42 Å². The van der Waals surface area contributed by atoms with Gasteiger partial charge in [0.2, 0.25) is 0 Å². The number of aromatic nitrogens is 2. The summed E-state index contributed by atoms with van der Waals surface area (Å²) in [7, 11) is 5.48. The highest BCUT2D eigenvalue weighted by Crippen LogP contribution is 2.23. The van der Waals surface area contributed by atoms with Gasteiger partial charge in [0.1, 0.15) is 12.0 Å². The highest BCUT2D eigenvalue weighted by atomic mass is 16.5. The van der Waals surface area contributed by atoms with E-state index in [0.29, 0.717) is 11.5 Å². The first-order valence-electron chi connectivity index (χ1n) is 5.17. The maximum absolute atomic E-state index is 5.94. The number of hydrogen-bond acceptors (Lipinski definition) is 6. The molecule has 90 valence electrons. The van der Waals surface area contributed by atoms with Crippen LogP contribution < -0.4 is 16.0 Å². The van der Waals surface area contributed by atoms with Crippen molar-refractivity contribution in [2.45, 2.75) is 6.42 Å². The maximum Gasteiger partial charge on any atom is 0.156 e. The fourth-order valence-electron chi connectivity index (χ4n) is 1.31. The van der Waals surface area contributed by atoms with Crippen molar-refractivity contribution in [2.75, 3.05) is 50.3 Å². The second-order valence-electron chi connectivity index (χ2n) is 3.63. The molecule has 1 aromatic rings. The van der Waals surface area contributed by atoms with Crippen molar-refractivity contribution < 1.29 is 4.74 Å². The Morgan fingerprint density at radius 2 is 2.19 bits per heavy atom. The van der Waals surface area contributed by atoms with Crippen molar-refractivity contribution in [3.05, 3.63) is 6.33 Å². The van der Waals surface area contributed by atoms with Crippen LogP contribution in [0, 0.1) is 0 Å². The summed E-state index contributed by atoms with van der Waals surface area (Å²) in [6.07, 6.45) is 2.42. The van der Waals surface area contributed by atoms with Gasteiger partial charge in [0.05, 0.1) is 0 Å². The monoisotopic (exact) mass is 225 g/mol. The van der Waals surface area contributed by atoms with Gasteiger partial charge in [-0.25, -0.2) is 9.97 Å². The molecule has 0 bridgehead atoms. The van der Waals surface area contributed by atoms with E-state index >= 15 is 0 Å². The number of nitrogens with zero attached hydrogens (tertiary/aromatic N) is 3. The highest BCUT2D eigenvalue weighted by molar-refractivity contribution is 5.74. The second kappa shape index (κ2) is 6.12. The first-order chi connectivity index (χ1) is 7.66. The van der Waals surface area contributed by atoms with Crippen LogP contribution >= 0.6 is 0 Å². The summed E-state index contributed by atoms with van der Waals surface area (Å²) in [5.41, 5.74) is 6.51. The van der Waals surface area contributed by atoms with E-state index in [1.807, 2.05) is 19.0 Å². The summed E-state index contributed by atoms with van der Waals surface area (Å²) in [4.78, 5) is 10.1. The molecule has 0 aliphatic rings. The maximum atomic E-state index is 5.94. The summed E-state index contributed by atoms with van der Waals surface area (Å²) in [6, 6.07) is 0. The van der Waals surface area contributed by atoms with Crippen LogP contribution in [0.2, 0.25) is 0 Å². The Morgan fingerprint density at radius 3 is 2.81 bits per heavy atom. The first kappa shape index (κ1) is 12.5. The quantitative estimate of drug-likeness (QED) is 0.689. The Kier molecular flexibility index (Phi) is 4.78. The molecule has 0 amide bonds. The molecule has 0 radical (unpaired) electrons. The molecule has 0 aliphatic carbocycles. The molecule has 0 fully saturated rings. The van der Waals surface area contributed by atoms with Gasteiger partial charge in [-0.2, -0.15) is 0 Å². The van der Waals surface area contributed by atoms with E-state index in [4.69, 9.17) is 10.5 Å². The number of nitrogens with two attached hydrogens (primary N) is 1. The SMILES string of the molecule is COCCCNc1ncnc(N(C)C)c1N. The lowest BCUT2D eigenvalue weighted by atomic mass is 10.4. The summed E-state index contributed by atoms with van der Waals surface area (Å²) < 4.78 is 4.96. The zero-order valence-corrected chi connectivity index (χ0v) is 10.0. The predicted octanol–water partition coefficient (Wildman–Crippen LogP) is 0.573. The largest absolute Gasteiger partial charge is 0.393 e. The molecule has 1 aromatic heterocycles. The van der Waals surface area contributed by atoms with Crippen LogP contribution in [0.1, 0.15) is 6.42 Å². The van der Waals surface area contributed by atoms with Gasteiger partial charge in [0, 0.05) is 34.4 Å². The molecule has 0 aromatic carbocycles. The standard InChI is InChI=1S/C10H19N5O/c1-15(2)10-8(11)9(13-7-14-10)12-5-4-6-16-3/h7H,4-6,11H2,1-3H3,(H,12,13,14). The van der Waals surface area contributed by atoms with Crippen LogP contribution in [0.3, 0.4) is 0 Å². The minimum absolute atomic E-state index is 0.574. The van der Waals surface area contributed by atoms with Crippen LogP contribution in [0.15, 0.2) is 6.33 Å². The third-order valence-electron chi connectivity index (χ3n) is 2.10. The molecule has 6 nitrogen and oxygen atoms in total. The fraction of sp³-hybridized carbons (Fsp3) is 0.600. The van der Waals surface area contributed by atoms with Gasteiger partial charge in [-0.1, -0.05) is 0 Å². The van der Waals surface area contributed by atoms with Crippen LogP contribution in [0.5, 0.6) is 0 Å². The number of anilines is 3. The lowest BCUT2D eigenvalue weighted by Crippen LogP contribution is -2.16. The molecule has 6 heteroatoms. The van der Waals surface area contributed by atoms with Gasteiger partial charge >= 0.3 is 0 Å². The van der Waals surface area contributed by atoms with E-state index in [0.717, 1.165) is 25.4 Å². The Bertz CT molecular complexity index is 329. The number of ether oxygens (including phenoxy) is 1. The van der Waals surface area contributed by atoms with E-state index < -0.39 is 0 Å². The van der Waals surface area contributed by atoms with Gasteiger partial charge in [-0.3, -0.25) is 0 Å². The molecule has 0 saturated carbocycles. The topological polar surface area (TPSA) is 76.3 Å². The smallest absolute Gasteiger partial charge is 0.156 e. The molecule has 1 rings (SSSR count). The summed E-state index contributed by atoms with van der Waals surface area (Å²) in [5, 5.41) is 3.16. The molecule has 0 unspecified atom stereocenters. The van der Waals surface area contributed by atoms with E-state index in [-0.39, 0.29) is 0 Å². The number of rotatable bonds is 6. The molecule has 0 aliphatic heterocycles. The van der Waals surface area contributed by atoms with Gasteiger partial charge in [0.15, 0.2) is 11.6 Å². The van der Waals surface area contributed by atoms with Gasteiger partial charge < -0.3 is 20.7 Å². The van der Waals surface area contributed by atoms with Crippen molar-refractivity contribution in [3.63, 3.8) is 0 Å². The number of nitrogens with one attached hydrogen (secondary N) is 1. The van der Waals surface area contributed by atoms with Crippen molar-refractivity contribution in [1.82, 2.24) is 9.97 Å². The minimum Gasteiger partial charge on any atom is -0.393 e. The second-order valence-corrected chi connectivity index (χ2v) is 3.63. The third-order valence-corrected chi connectivity index (χ3v) is 2.10. The zero-order chi connectivity index (χ0) is 12.0. The number of methoxy groups -OCH3 is 1. The lowest BCUT2D eigenvalue weighted by molar-refractivity contribution is 0.198. The molecule has 1 heterocycles. The van der Waals surface area contributed by atoms with Crippen LogP contribution in [0.4, 0.5) is 17.3 Å². The Morgan fingerprint density at radius 1 is 1.44 bits per heavy atom. The summed E-state index contributed by atoms with van der Waals surface area (Å²) >= 11 is 0. The zero-order valence-electron chi connectivity index (χ0n) is 10.0. The predicted molar refractivity (Wildman–Crippen MR) is 65.8 cm³/mol. The van der Waals surface area contributed by atoms with Crippen LogP contribution in [-0.4, -0.2) is 44.3 Å². The van der Waals surface area contributed by atoms with E-state index in [9.17, 15) is 0 Å². The molecular formula is C10H19N5O. The van der Waals surface area contributed by atoms with Crippen molar-refractivity contribution in [1.29, 1.82) is 0 Å². The molecule has 16 heavy (non-hydrogen) atoms. The van der Waals surface area contributed by atoms with Crippen LogP contribution in [0.25, 0.3) is 0 Å². The van der Waals surface area contributed by atoms with E-state index in [1.54, 1.807) is 7.11 Å². The fourth-order valence-corrected chi connectivity index (χ4v) is 1.31. The molecule has 0 saturated heterocycles. The molecule has 0 atom stereocenters. The molecule has 3 N–H and O–H groups in total. The Hall–Kier alpha value is -1.56.